The third kappa shape index (κ3) is 2.01. The Kier molecular flexibility index (Phi) is 3.00. The Bertz CT molecular complexity index is 635. The molecule has 2 nitrogen and oxygen atoms in total. The molecule has 1 unspecified atom stereocenters. The van der Waals surface area contributed by atoms with Crippen LogP contribution in [-0.2, 0) is 0 Å². The Hall–Kier alpha value is -1.85. The second-order valence-corrected chi connectivity index (χ2v) is 5.48. The van der Waals surface area contributed by atoms with Crippen LogP contribution in [0.2, 0.25) is 0 Å². The lowest BCUT2D eigenvalue weighted by Gasteiger charge is -2.27. The fraction of sp³-hybridized carbons (Fsp3) is 0.353. The molecule has 2 aromatic carbocycles. The van der Waals surface area contributed by atoms with Crippen molar-refractivity contribution in [2.45, 2.75) is 31.8 Å². The number of aliphatic hydroxyl groups excluding tert-OH is 1. The molecule has 3 rings (SSSR count). The minimum atomic E-state index is -0.676. The van der Waals surface area contributed by atoms with E-state index in [9.17, 15) is 10.4 Å². The van der Waals surface area contributed by atoms with E-state index in [4.69, 9.17) is 0 Å². The fourth-order valence-electron chi connectivity index (χ4n) is 3.15. The van der Waals surface area contributed by atoms with Gasteiger partial charge in [-0.15, -0.1) is 0 Å². The van der Waals surface area contributed by atoms with Crippen molar-refractivity contribution in [3.8, 4) is 6.07 Å². The molecular formula is C17H17NO. The predicted molar refractivity (Wildman–Crippen MR) is 75.4 cm³/mol. The SMILES string of the molecule is N#CC1(C(O)c2ccc3ccccc3c2)CCCC1. The van der Waals surface area contributed by atoms with Crippen molar-refractivity contribution in [3.63, 3.8) is 0 Å². The summed E-state index contributed by atoms with van der Waals surface area (Å²) in [5, 5.41) is 22.3. The molecule has 0 saturated heterocycles. The maximum absolute atomic E-state index is 10.6. The van der Waals surface area contributed by atoms with Crippen LogP contribution in [0.25, 0.3) is 10.8 Å². The second-order valence-electron chi connectivity index (χ2n) is 5.48. The molecule has 1 saturated carbocycles. The van der Waals surface area contributed by atoms with Gasteiger partial charge in [0.25, 0.3) is 0 Å². The van der Waals surface area contributed by atoms with Gasteiger partial charge >= 0.3 is 0 Å². The second kappa shape index (κ2) is 4.68. The summed E-state index contributed by atoms with van der Waals surface area (Å²) in [6.45, 7) is 0. The smallest absolute Gasteiger partial charge is 0.0976 e. The zero-order valence-electron chi connectivity index (χ0n) is 10.8. The van der Waals surface area contributed by atoms with Crippen LogP contribution in [0, 0.1) is 16.7 Å². The van der Waals surface area contributed by atoms with E-state index >= 15 is 0 Å². The lowest BCUT2D eigenvalue weighted by atomic mass is 9.78. The van der Waals surface area contributed by atoms with E-state index in [0.717, 1.165) is 42.0 Å². The van der Waals surface area contributed by atoms with Gasteiger partial charge in [0.15, 0.2) is 0 Å². The van der Waals surface area contributed by atoms with Gasteiger partial charge in [-0.25, -0.2) is 0 Å². The summed E-state index contributed by atoms with van der Waals surface area (Å²) in [5.74, 6) is 0. The highest BCUT2D eigenvalue weighted by Gasteiger charge is 2.41. The summed E-state index contributed by atoms with van der Waals surface area (Å²) < 4.78 is 0. The van der Waals surface area contributed by atoms with E-state index in [1.54, 1.807) is 0 Å². The van der Waals surface area contributed by atoms with Gasteiger partial charge in [-0.3, -0.25) is 0 Å². The number of rotatable bonds is 2. The van der Waals surface area contributed by atoms with Gasteiger partial charge in [-0.2, -0.15) is 5.26 Å². The largest absolute Gasteiger partial charge is 0.387 e. The number of nitrogens with zero attached hydrogens (tertiary/aromatic N) is 1. The number of aliphatic hydroxyl groups is 1. The number of hydrogen-bond donors (Lipinski definition) is 1. The molecule has 0 spiro atoms. The number of benzene rings is 2. The highest BCUT2D eigenvalue weighted by Crippen LogP contribution is 2.47. The van der Waals surface area contributed by atoms with Crippen molar-refractivity contribution < 1.29 is 5.11 Å². The van der Waals surface area contributed by atoms with Crippen LogP contribution in [0.4, 0.5) is 0 Å². The normalized spacial score (nSPS) is 19.2. The van der Waals surface area contributed by atoms with Crippen LogP contribution >= 0.6 is 0 Å². The van der Waals surface area contributed by atoms with E-state index in [-0.39, 0.29) is 0 Å². The van der Waals surface area contributed by atoms with Crippen molar-refractivity contribution >= 4 is 10.8 Å². The zero-order valence-corrected chi connectivity index (χ0v) is 10.8. The third-order valence-corrected chi connectivity index (χ3v) is 4.33. The van der Waals surface area contributed by atoms with Crippen molar-refractivity contribution in [1.82, 2.24) is 0 Å². The average Bonchev–Trinajstić information content (AvgIpc) is 2.96. The van der Waals surface area contributed by atoms with E-state index in [2.05, 4.69) is 12.1 Å². The predicted octanol–water partition coefficient (Wildman–Crippen LogP) is 3.96. The van der Waals surface area contributed by atoms with Gasteiger partial charge in [0.1, 0.15) is 0 Å². The van der Waals surface area contributed by atoms with E-state index in [1.807, 2.05) is 36.4 Å². The Labute approximate surface area is 113 Å². The van der Waals surface area contributed by atoms with Crippen molar-refractivity contribution in [2.75, 3.05) is 0 Å². The first-order chi connectivity index (χ1) is 9.25. The monoisotopic (exact) mass is 251 g/mol. The van der Waals surface area contributed by atoms with Gasteiger partial charge in [-0.1, -0.05) is 49.2 Å². The molecule has 0 bridgehead atoms. The molecular weight excluding hydrogens is 234 g/mol. The zero-order chi connectivity index (χ0) is 13.3. The Morgan fingerprint density at radius 3 is 2.42 bits per heavy atom. The molecule has 1 atom stereocenters. The highest BCUT2D eigenvalue weighted by molar-refractivity contribution is 5.83. The fourth-order valence-corrected chi connectivity index (χ4v) is 3.15. The molecule has 0 radical (unpaired) electrons. The van der Waals surface area contributed by atoms with Crippen molar-refractivity contribution in [1.29, 1.82) is 5.26 Å². The summed E-state index contributed by atoms with van der Waals surface area (Å²) in [6, 6.07) is 16.5. The lowest BCUT2D eigenvalue weighted by Crippen LogP contribution is -2.23. The summed E-state index contributed by atoms with van der Waals surface area (Å²) in [6.07, 6.45) is 3.01. The van der Waals surface area contributed by atoms with Crippen LogP contribution < -0.4 is 0 Å². The maximum Gasteiger partial charge on any atom is 0.0976 e. The van der Waals surface area contributed by atoms with Gasteiger partial charge in [0.2, 0.25) is 0 Å². The molecule has 2 heteroatoms. The molecule has 1 N–H and O–H groups in total. The Morgan fingerprint density at radius 2 is 1.74 bits per heavy atom. The number of fused-ring (bicyclic) bond motifs is 1. The molecule has 2 aromatic rings. The molecule has 0 aromatic heterocycles. The van der Waals surface area contributed by atoms with Gasteiger partial charge in [0.05, 0.1) is 17.6 Å². The number of hydrogen-bond acceptors (Lipinski definition) is 2. The van der Waals surface area contributed by atoms with Crippen LogP contribution in [0.15, 0.2) is 42.5 Å². The van der Waals surface area contributed by atoms with Crippen LogP contribution in [0.1, 0.15) is 37.4 Å². The van der Waals surface area contributed by atoms with Crippen LogP contribution in [-0.4, -0.2) is 5.11 Å². The highest BCUT2D eigenvalue weighted by atomic mass is 16.3. The lowest BCUT2D eigenvalue weighted by molar-refractivity contribution is 0.0672. The molecule has 0 heterocycles. The maximum atomic E-state index is 10.6. The molecule has 0 amide bonds. The molecule has 1 aliphatic carbocycles. The van der Waals surface area contributed by atoms with Gasteiger partial charge < -0.3 is 5.11 Å². The summed E-state index contributed by atoms with van der Waals surface area (Å²) in [5.41, 5.74) is 0.282. The molecule has 1 fully saturated rings. The first-order valence-electron chi connectivity index (χ1n) is 6.83. The first kappa shape index (κ1) is 12.2. The van der Waals surface area contributed by atoms with Gasteiger partial charge in [-0.05, 0) is 35.2 Å². The van der Waals surface area contributed by atoms with Gasteiger partial charge in [0, 0.05) is 0 Å². The van der Waals surface area contributed by atoms with Crippen LogP contribution in [0.3, 0.4) is 0 Å². The van der Waals surface area contributed by atoms with Crippen molar-refractivity contribution in [3.05, 3.63) is 48.0 Å². The summed E-state index contributed by atoms with van der Waals surface area (Å²) in [4.78, 5) is 0. The van der Waals surface area contributed by atoms with E-state index < -0.39 is 11.5 Å². The van der Waals surface area contributed by atoms with E-state index in [0.29, 0.717) is 0 Å². The minimum absolute atomic E-state index is 0.581. The molecule has 1 aliphatic rings. The topological polar surface area (TPSA) is 44.0 Å². The third-order valence-electron chi connectivity index (χ3n) is 4.33. The van der Waals surface area contributed by atoms with Crippen LogP contribution in [0.5, 0.6) is 0 Å². The number of nitriles is 1. The molecule has 19 heavy (non-hydrogen) atoms. The molecule has 0 aliphatic heterocycles. The average molecular weight is 251 g/mol. The van der Waals surface area contributed by atoms with E-state index in [1.165, 1.54) is 0 Å². The first-order valence-corrected chi connectivity index (χ1v) is 6.83. The Balaban J connectivity index is 2.02. The standard InChI is InChI=1S/C17H17NO/c18-12-17(9-3-4-10-17)16(19)15-8-7-13-5-1-2-6-14(13)11-15/h1-2,5-8,11,16,19H,3-4,9-10H2. The quantitative estimate of drug-likeness (QED) is 0.878. The summed E-state index contributed by atoms with van der Waals surface area (Å²) >= 11 is 0. The Morgan fingerprint density at radius 1 is 1.05 bits per heavy atom. The van der Waals surface area contributed by atoms with Crippen molar-refractivity contribution in [2.24, 2.45) is 5.41 Å². The minimum Gasteiger partial charge on any atom is -0.387 e. The summed E-state index contributed by atoms with van der Waals surface area (Å²) in [7, 11) is 0. The molecule has 96 valence electrons.